The molecule has 0 aromatic carbocycles. The van der Waals surface area contributed by atoms with Gasteiger partial charge in [-0.05, 0) is 40.5 Å². The second-order valence-electron chi connectivity index (χ2n) is 6.56. The number of unbranched alkanes of at least 4 members (excludes halogenated alkanes) is 3. The molecule has 2 atom stereocenters. The average molecular weight is 270 g/mol. The van der Waals surface area contributed by atoms with Gasteiger partial charge in [0.05, 0.1) is 0 Å². The van der Waals surface area contributed by atoms with Crippen LogP contribution >= 0.6 is 0 Å². The van der Waals surface area contributed by atoms with Crippen molar-refractivity contribution in [3.63, 3.8) is 0 Å². The molecule has 3 nitrogen and oxygen atoms in total. The Bertz CT molecular complexity index is 324. The van der Waals surface area contributed by atoms with Crippen LogP contribution in [0.15, 0.2) is 0 Å². The van der Waals surface area contributed by atoms with Gasteiger partial charge in [-0.25, -0.2) is 0 Å². The van der Waals surface area contributed by atoms with Crippen molar-refractivity contribution in [2.45, 2.75) is 97.1 Å². The van der Waals surface area contributed by atoms with Crippen LogP contribution in [0.5, 0.6) is 0 Å². The Morgan fingerprint density at radius 1 is 0.895 bits per heavy atom. The van der Waals surface area contributed by atoms with E-state index < -0.39 is 17.0 Å². The predicted octanol–water partition coefficient (Wildman–Crippen LogP) is 4.24. The Morgan fingerprint density at radius 3 is 2.00 bits per heavy atom. The summed E-state index contributed by atoms with van der Waals surface area (Å²) >= 11 is 0. The highest BCUT2D eigenvalue weighted by molar-refractivity contribution is 5.94. The van der Waals surface area contributed by atoms with Crippen molar-refractivity contribution >= 4 is 5.78 Å². The molecule has 1 saturated heterocycles. The Kier molecular flexibility index (Phi) is 5.19. The van der Waals surface area contributed by atoms with Gasteiger partial charge in [-0.2, -0.15) is 0 Å². The average Bonchev–Trinajstić information content (AvgIpc) is 2.31. The maximum atomic E-state index is 12.7. The van der Waals surface area contributed by atoms with Gasteiger partial charge in [0.1, 0.15) is 11.2 Å². The van der Waals surface area contributed by atoms with E-state index in [1.54, 1.807) is 0 Å². The molecule has 0 aliphatic carbocycles. The number of carbonyl (C=O) groups excluding carboxylic acids is 1. The van der Waals surface area contributed by atoms with Crippen LogP contribution < -0.4 is 0 Å². The Balaban J connectivity index is 2.81. The van der Waals surface area contributed by atoms with Gasteiger partial charge < -0.3 is 9.47 Å². The lowest BCUT2D eigenvalue weighted by molar-refractivity contribution is -0.327. The molecule has 0 bridgehead atoms. The molecule has 0 aromatic heterocycles. The summed E-state index contributed by atoms with van der Waals surface area (Å²) in [6, 6.07) is 0. The fourth-order valence-electron chi connectivity index (χ4n) is 3.04. The molecule has 0 saturated carbocycles. The lowest BCUT2D eigenvalue weighted by Crippen LogP contribution is -2.63. The van der Waals surface area contributed by atoms with E-state index in [9.17, 15) is 4.79 Å². The first-order chi connectivity index (χ1) is 8.69. The molecule has 1 rings (SSSR count). The Hall–Kier alpha value is -0.410. The zero-order chi connectivity index (χ0) is 14.7. The first-order valence-corrected chi connectivity index (χ1v) is 7.64. The van der Waals surface area contributed by atoms with Crippen LogP contribution in [0.3, 0.4) is 0 Å². The van der Waals surface area contributed by atoms with Crippen LogP contribution in [0.1, 0.15) is 80.1 Å². The zero-order valence-electron chi connectivity index (χ0n) is 13.5. The standard InChI is InChI=1S/C16H30O3/c1-7-9-10-11-12-16(6)13(17)15(5,8-2)18-14(3,4)19-16/h7-12H2,1-6H3/t15-,16-/m0/s1. The molecule has 0 unspecified atom stereocenters. The number of hydrogen-bond donors (Lipinski definition) is 0. The van der Waals surface area contributed by atoms with Gasteiger partial charge in [-0.1, -0.05) is 39.5 Å². The molecule has 19 heavy (non-hydrogen) atoms. The molecule has 1 aliphatic rings. The number of carbonyl (C=O) groups is 1. The van der Waals surface area contributed by atoms with E-state index in [1.807, 2.05) is 34.6 Å². The van der Waals surface area contributed by atoms with Crippen molar-refractivity contribution in [2.24, 2.45) is 0 Å². The van der Waals surface area contributed by atoms with Crippen molar-refractivity contribution < 1.29 is 14.3 Å². The molecule has 0 spiro atoms. The Morgan fingerprint density at radius 2 is 1.47 bits per heavy atom. The van der Waals surface area contributed by atoms with Gasteiger partial charge in [-0.15, -0.1) is 0 Å². The summed E-state index contributed by atoms with van der Waals surface area (Å²) in [6.45, 7) is 11.8. The highest BCUT2D eigenvalue weighted by Gasteiger charge is 2.54. The summed E-state index contributed by atoms with van der Waals surface area (Å²) in [5, 5.41) is 0. The van der Waals surface area contributed by atoms with E-state index in [1.165, 1.54) is 12.8 Å². The SMILES string of the molecule is CCCCCC[C@]1(C)OC(C)(C)O[C@@](C)(CC)C1=O. The molecule has 1 heterocycles. The van der Waals surface area contributed by atoms with E-state index >= 15 is 0 Å². The third kappa shape index (κ3) is 3.79. The molecule has 0 radical (unpaired) electrons. The molecule has 3 heteroatoms. The van der Waals surface area contributed by atoms with Crippen molar-refractivity contribution in [3.05, 3.63) is 0 Å². The summed E-state index contributed by atoms with van der Waals surface area (Å²) in [7, 11) is 0. The maximum Gasteiger partial charge on any atom is 0.195 e. The summed E-state index contributed by atoms with van der Waals surface area (Å²) in [5.41, 5.74) is -1.43. The Labute approximate surface area is 118 Å². The van der Waals surface area contributed by atoms with Crippen molar-refractivity contribution in [1.82, 2.24) is 0 Å². The van der Waals surface area contributed by atoms with E-state index in [-0.39, 0.29) is 5.78 Å². The molecule has 0 N–H and O–H groups in total. The quantitative estimate of drug-likeness (QED) is 0.677. The minimum absolute atomic E-state index is 0.0957. The van der Waals surface area contributed by atoms with E-state index in [4.69, 9.17) is 9.47 Å². The van der Waals surface area contributed by atoms with Crippen LogP contribution in [-0.2, 0) is 14.3 Å². The number of ether oxygens (including phenoxy) is 2. The molecular weight excluding hydrogens is 240 g/mol. The highest BCUT2D eigenvalue weighted by Crippen LogP contribution is 2.41. The number of Topliss-reactive ketones (excluding diaryl/α,β-unsaturated/α-hetero) is 1. The summed E-state index contributed by atoms with van der Waals surface area (Å²) in [6.07, 6.45) is 6.08. The first-order valence-electron chi connectivity index (χ1n) is 7.64. The van der Waals surface area contributed by atoms with E-state index in [2.05, 4.69) is 6.92 Å². The van der Waals surface area contributed by atoms with Gasteiger partial charge >= 0.3 is 0 Å². The molecular formula is C16H30O3. The largest absolute Gasteiger partial charge is 0.336 e. The molecule has 1 aliphatic heterocycles. The monoisotopic (exact) mass is 270 g/mol. The topological polar surface area (TPSA) is 35.5 Å². The normalized spacial score (nSPS) is 34.5. The number of rotatable bonds is 6. The van der Waals surface area contributed by atoms with E-state index in [0.717, 1.165) is 19.3 Å². The van der Waals surface area contributed by atoms with Crippen LogP contribution in [-0.4, -0.2) is 22.8 Å². The fourth-order valence-corrected chi connectivity index (χ4v) is 3.04. The first kappa shape index (κ1) is 16.6. The minimum atomic E-state index is -0.721. The van der Waals surface area contributed by atoms with Gasteiger partial charge in [0, 0.05) is 0 Å². The molecule has 112 valence electrons. The van der Waals surface area contributed by atoms with Crippen LogP contribution in [0.25, 0.3) is 0 Å². The third-order valence-electron chi connectivity index (χ3n) is 4.08. The fraction of sp³-hybridized carbons (Fsp3) is 0.938. The van der Waals surface area contributed by atoms with Gasteiger partial charge in [0.2, 0.25) is 0 Å². The van der Waals surface area contributed by atoms with Gasteiger partial charge in [0.15, 0.2) is 11.6 Å². The molecule has 0 aromatic rings. The summed E-state index contributed by atoms with van der Waals surface area (Å²) in [4.78, 5) is 12.7. The number of hydrogen-bond acceptors (Lipinski definition) is 3. The van der Waals surface area contributed by atoms with Crippen LogP contribution in [0.4, 0.5) is 0 Å². The van der Waals surface area contributed by atoms with Crippen LogP contribution in [0.2, 0.25) is 0 Å². The lowest BCUT2D eigenvalue weighted by Gasteiger charge is -2.50. The maximum absolute atomic E-state index is 12.7. The minimum Gasteiger partial charge on any atom is -0.336 e. The van der Waals surface area contributed by atoms with Gasteiger partial charge in [0.25, 0.3) is 0 Å². The predicted molar refractivity (Wildman–Crippen MR) is 77.1 cm³/mol. The summed E-state index contributed by atoms with van der Waals surface area (Å²) < 4.78 is 11.9. The second-order valence-corrected chi connectivity index (χ2v) is 6.56. The number of ketones is 1. The zero-order valence-corrected chi connectivity index (χ0v) is 13.5. The lowest BCUT2D eigenvalue weighted by atomic mass is 9.80. The summed E-state index contributed by atoms with van der Waals surface area (Å²) in [5.74, 6) is -0.601. The van der Waals surface area contributed by atoms with Crippen molar-refractivity contribution in [3.8, 4) is 0 Å². The molecule has 0 amide bonds. The second kappa shape index (κ2) is 5.92. The smallest absolute Gasteiger partial charge is 0.195 e. The third-order valence-corrected chi connectivity index (χ3v) is 4.08. The molecule has 1 fully saturated rings. The van der Waals surface area contributed by atoms with Crippen LogP contribution in [0, 0.1) is 0 Å². The van der Waals surface area contributed by atoms with Crippen molar-refractivity contribution in [1.29, 1.82) is 0 Å². The van der Waals surface area contributed by atoms with E-state index in [0.29, 0.717) is 6.42 Å². The van der Waals surface area contributed by atoms with Crippen molar-refractivity contribution in [2.75, 3.05) is 0 Å². The van der Waals surface area contributed by atoms with Gasteiger partial charge in [-0.3, -0.25) is 4.79 Å². The highest BCUT2D eigenvalue weighted by atomic mass is 16.7.